The number of amidine groups is 1. The fourth-order valence-corrected chi connectivity index (χ4v) is 2.74. The highest BCUT2D eigenvalue weighted by Gasteiger charge is 2.43. The van der Waals surface area contributed by atoms with Crippen molar-refractivity contribution in [3.63, 3.8) is 0 Å². The fraction of sp³-hybridized carbons (Fsp3) is 0.857. The maximum Gasteiger partial charge on any atom is 0.236 e. The highest BCUT2D eigenvalue weighted by molar-refractivity contribution is 6.06. The summed E-state index contributed by atoms with van der Waals surface area (Å²) >= 11 is 0. The molecule has 0 atom stereocenters. The Hall–Kier alpha value is -1.26. The molecule has 5 nitrogen and oxygen atoms in total. The molecule has 1 aliphatic rings. The molecule has 110 valence electrons. The van der Waals surface area contributed by atoms with E-state index in [4.69, 9.17) is 10.9 Å². The molecule has 1 saturated heterocycles. The molecule has 1 aliphatic heterocycles. The van der Waals surface area contributed by atoms with Gasteiger partial charge in [-0.25, -0.2) is 0 Å². The van der Waals surface area contributed by atoms with Crippen molar-refractivity contribution in [1.29, 1.82) is 0 Å². The van der Waals surface area contributed by atoms with Gasteiger partial charge in [-0.15, -0.1) is 0 Å². The summed E-state index contributed by atoms with van der Waals surface area (Å²) in [4.78, 5) is 14.6. The summed E-state index contributed by atoms with van der Waals surface area (Å²) < 4.78 is 0. The van der Waals surface area contributed by atoms with Crippen molar-refractivity contribution >= 4 is 11.7 Å². The third-order valence-electron chi connectivity index (χ3n) is 4.62. The van der Waals surface area contributed by atoms with Gasteiger partial charge in [-0.1, -0.05) is 32.9 Å². The van der Waals surface area contributed by atoms with E-state index in [0.717, 1.165) is 25.9 Å². The average molecular weight is 269 g/mol. The van der Waals surface area contributed by atoms with Crippen LogP contribution in [0.5, 0.6) is 0 Å². The molecule has 19 heavy (non-hydrogen) atoms. The van der Waals surface area contributed by atoms with Crippen LogP contribution in [0.2, 0.25) is 0 Å². The van der Waals surface area contributed by atoms with Crippen LogP contribution in [-0.2, 0) is 4.79 Å². The first-order valence-corrected chi connectivity index (χ1v) is 7.10. The SMILES string of the molecule is CCC(CC)(C(=O)N1CCC(C)(C)CC1)C(N)=NO. The molecule has 0 unspecified atom stereocenters. The molecule has 0 aromatic heterocycles. The number of amides is 1. The first-order chi connectivity index (χ1) is 8.83. The first-order valence-electron chi connectivity index (χ1n) is 7.10. The van der Waals surface area contributed by atoms with Crippen molar-refractivity contribution in [2.24, 2.45) is 21.7 Å². The second kappa shape index (κ2) is 5.80. The number of nitrogens with zero attached hydrogens (tertiary/aromatic N) is 2. The van der Waals surface area contributed by atoms with E-state index in [-0.39, 0.29) is 11.7 Å². The molecule has 0 saturated carbocycles. The van der Waals surface area contributed by atoms with Crippen LogP contribution in [0.4, 0.5) is 0 Å². The van der Waals surface area contributed by atoms with Crippen LogP contribution in [0.15, 0.2) is 5.16 Å². The molecule has 0 bridgehead atoms. The summed E-state index contributed by atoms with van der Waals surface area (Å²) in [5.41, 5.74) is 5.24. The molecule has 0 radical (unpaired) electrons. The zero-order chi connectivity index (χ0) is 14.7. The van der Waals surface area contributed by atoms with Gasteiger partial charge in [-0.2, -0.15) is 0 Å². The molecule has 0 aromatic rings. The van der Waals surface area contributed by atoms with Gasteiger partial charge in [-0.3, -0.25) is 4.79 Å². The number of hydrogen-bond acceptors (Lipinski definition) is 3. The Morgan fingerprint density at radius 1 is 1.32 bits per heavy atom. The lowest BCUT2D eigenvalue weighted by molar-refractivity contribution is -0.141. The van der Waals surface area contributed by atoms with E-state index in [9.17, 15) is 4.79 Å². The highest BCUT2D eigenvalue weighted by atomic mass is 16.4. The number of carbonyl (C=O) groups excluding carboxylic acids is 1. The van der Waals surface area contributed by atoms with E-state index in [1.54, 1.807) is 0 Å². The van der Waals surface area contributed by atoms with Gasteiger partial charge in [0.05, 0.1) is 0 Å². The summed E-state index contributed by atoms with van der Waals surface area (Å²) in [6, 6.07) is 0. The van der Waals surface area contributed by atoms with E-state index in [2.05, 4.69) is 19.0 Å². The summed E-state index contributed by atoms with van der Waals surface area (Å²) in [6.07, 6.45) is 3.10. The van der Waals surface area contributed by atoms with Crippen molar-refractivity contribution in [3.05, 3.63) is 0 Å². The number of hydrogen-bond donors (Lipinski definition) is 2. The van der Waals surface area contributed by atoms with E-state index >= 15 is 0 Å². The Balaban J connectivity index is 2.91. The van der Waals surface area contributed by atoms with Gasteiger partial charge in [-0.05, 0) is 31.1 Å². The van der Waals surface area contributed by atoms with Crippen LogP contribution in [-0.4, -0.2) is 34.9 Å². The van der Waals surface area contributed by atoms with Crippen LogP contribution >= 0.6 is 0 Å². The molecule has 1 fully saturated rings. The number of carbonyl (C=O) groups is 1. The van der Waals surface area contributed by atoms with Crippen molar-refractivity contribution in [1.82, 2.24) is 4.90 Å². The van der Waals surface area contributed by atoms with Gasteiger partial charge >= 0.3 is 0 Å². The lowest BCUT2D eigenvalue weighted by Gasteiger charge is -2.41. The lowest BCUT2D eigenvalue weighted by Crippen LogP contribution is -2.53. The number of oxime groups is 1. The molecular weight excluding hydrogens is 242 g/mol. The zero-order valence-electron chi connectivity index (χ0n) is 12.6. The molecule has 0 aliphatic carbocycles. The average Bonchev–Trinajstić information content (AvgIpc) is 2.40. The lowest BCUT2D eigenvalue weighted by atomic mass is 9.77. The van der Waals surface area contributed by atoms with Crippen LogP contribution in [0, 0.1) is 10.8 Å². The maximum absolute atomic E-state index is 12.7. The zero-order valence-corrected chi connectivity index (χ0v) is 12.6. The smallest absolute Gasteiger partial charge is 0.236 e. The van der Waals surface area contributed by atoms with Crippen molar-refractivity contribution in [3.8, 4) is 0 Å². The van der Waals surface area contributed by atoms with E-state index in [1.807, 2.05) is 18.7 Å². The predicted octanol–water partition coefficient (Wildman–Crippen LogP) is 2.19. The topological polar surface area (TPSA) is 78.9 Å². The summed E-state index contributed by atoms with van der Waals surface area (Å²) in [5, 5.41) is 12.0. The molecule has 0 aromatic carbocycles. The third kappa shape index (κ3) is 3.01. The van der Waals surface area contributed by atoms with Gasteiger partial charge < -0.3 is 15.8 Å². The van der Waals surface area contributed by atoms with Gasteiger partial charge in [0.2, 0.25) is 5.91 Å². The van der Waals surface area contributed by atoms with E-state index < -0.39 is 5.41 Å². The molecule has 0 spiro atoms. The molecule has 5 heteroatoms. The number of likely N-dealkylation sites (tertiary alicyclic amines) is 1. The fourth-order valence-electron chi connectivity index (χ4n) is 2.74. The Labute approximate surface area is 115 Å². The third-order valence-corrected chi connectivity index (χ3v) is 4.62. The second-order valence-electron chi connectivity index (χ2n) is 6.23. The highest BCUT2D eigenvalue weighted by Crippen LogP contribution is 2.34. The van der Waals surface area contributed by atoms with E-state index in [1.165, 1.54) is 0 Å². The second-order valence-corrected chi connectivity index (χ2v) is 6.23. The Kier molecular flexibility index (Phi) is 4.82. The summed E-state index contributed by atoms with van der Waals surface area (Å²) in [6.45, 7) is 9.79. The summed E-state index contributed by atoms with van der Waals surface area (Å²) in [5.74, 6) is 0.0376. The quantitative estimate of drug-likeness (QED) is 0.355. The number of piperidine rings is 1. The monoisotopic (exact) mass is 269 g/mol. The van der Waals surface area contributed by atoms with Gasteiger partial charge in [0.25, 0.3) is 0 Å². The minimum absolute atomic E-state index is 0.00306. The van der Waals surface area contributed by atoms with Crippen LogP contribution < -0.4 is 5.73 Å². The normalized spacial score (nSPS) is 20.4. The molecule has 1 rings (SSSR count). The van der Waals surface area contributed by atoms with Crippen LogP contribution in [0.1, 0.15) is 53.4 Å². The Bertz CT molecular complexity index is 350. The number of nitrogens with two attached hydrogens (primary N) is 1. The predicted molar refractivity (Wildman–Crippen MR) is 76.0 cm³/mol. The standard InChI is InChI=1S/C14H27N3O2/c1-5-14(6-2,11(15)16-19)12(18)17-9-7-13(3,4)8-10-17/h19H,5-10H2,1-4H3,(H2,15,16). The van der Waals surface area contributed by atoms with Crippen LogP contribution in [0.3, 0.4) is 0 Å². The molecule has 3 N–H and O–H groups in total. The molecular formula is C14H27N3O2. The van der Waals surface area contributed by atoms with E-state index in [0.29, 0.717) is 18.3 Å². The summed E-state index contributed by atoms with van der Waals surface area (Å²) in [7, 11) is 0. The van der Waals surface area contributed by atoms with Gasteiger partial charge in [0, 0.05) is 13.1 Å². The van der Waals surface area contributed by atoms with Crippen LogP contribution in [0.25, 0.3) is 0 Å². The minimum Gasteiger partial charge on any atom is -0.409 e. The van der Waals surface area contributed by atoms with Crippen molar-refractivity contribution < 1.29 is 10.0 Å². The minimum atomic E-state index is -0.851. The first kappa shape index (κ1) is 15.8. The van der Waals surface area contributed by atoms with Gasteiger partial charge in [0.15, 0.2) is 5.84 Å². The largest absolute Gasteiger partial charge is 0.409 e. The van der Waals surface area contributed by atoms with Crippen molar-refractivity contribution in [2.75, 3.05) is 13.1 Å². The maximum atomic E-state index is 12.7. The van der Waals surface area contributed by atoms with Gasteiger partial charge in [0.1, 0.15) is 5.41 Å². The number of rotatable bonds is 4. The molecule has 1 heterocycles. The Morgan fingerprint density at radius 3 is 2.16 bits per heavy atom. The Morgan fingerprint density at radius 2 is 1.79 bits per heavy atom. The van der Waals surface area contributed by atoms with Crippen molar-refractivity contribution in [2.45, 2.75) is 53.4 Å². The molecule has 1 amide bonds.